The monoisotopic (exact) mass is 458 g/mol. The van der Waals surface area contributed by atoms with E-state index in [-0.39, 0.29) is 29.7 Å². The molecular formula is C27H26N2O5. The minimum atomic E-state index is -0.819. The molecule has 0 aliphatic carbocycles. The molecule has 0 bridgehead atoms. The summed E-state index contributed by atoms with van der Waals surface area (Å²) < 4.78 is 5.77. The van der Waals surface area contributed by atoms with E-state index < -0.39 is 17.7 Å². The number of ether oxygens (including phenoxy) is 1. The van der Waals surface area contributed by atoms with Gasteiger partial charge in [-0.15, -0.1) is 0 Å². The summed E-state index contributed by atoms with van der Waals surface area (Å²) in [6, 6.07) is 14.1. The fourth-order valence-corrected chi connectivity index (χ4v) is 4.07. The van der Waals surface area contributed by atoms with E-state index in [0.717, 1.165) is 11.1 Å². The van der Waals surface area contributed by atoms with Crippen LogP contribution in [-0.4, -0.2) is 37.9 Å². The summed E-state index contributed by atoms with van der Waals surface area (Å²) in [5, 5.41) is 21.0. The van der Waals surface area contributed by atoms with Crippen LogP contribution in [0.5, 0.6) is 11.5 Å². The molecule has 1 atom stereocenters. The van der Waals surface area contributed by atoms with Crippen LogP contribution in [0.2, 0.25) is 0 Å². The Balaban J connectivity index is 1.82. The Morgan fingerprint density at radius 1 is 1.06 bits per heavy atom. The van der Waals surface area contributed by atoms with E-state index in [1.807, 2.05) is 20.8 Å². The lowest BCUT2D eigenvalue weighted by Gasteiger charge is -2.25. The molecule has 3 aromatic rings. The molecule has 0 spiro atoms. The van der Waals surface area contributed by atoms with Crippen LogP contribution < -0.4 is 4.74 Å². The number of Topliss-reactive ketones (excluding diaryl/α,β-unsaturated/α-hetero) is 1. The average molecular weight is 459 g/mol. The molecule has 2 N–H and O–H groups in total. The van der Waals surface area contributed by atoms with Crippen LogP contribution in [0.25, 0.3) is 5.76 Å². The smallest absolute Gasteiger partial charge is 0.295 e. The van der Waals surface area contributed by atoms with E-state index in [1.54, 1.807) is 54.9 Å². The number of carbonyl (C=O) groups excluding carboxylic acids is 2. The number of carbonyl (C=O) groups is 2. The number of amides is 1. The number of hydrogen-bond acceptors (Lipinski definition) is 6. The number of aliphatic hydroxyl groups is 1. The maximum absolute atomic E-state index is 13.2. The van der Waals surface area contributed by atoms with Gasteiger partial charge in [-0.25, -0.2) is 0 Å². The van der Waals surface area contributed by atoms with Crippen molar-refractivity contribution in [2.24, 2.45) is 0 Å². The lowest BCUT2D eigenvalue weighted by atomic mass is 9.94. The van der Waals surface area contributed by atoms with Gasteiger partial charge in [0, 0.05) is 24.5 Å². The fourth-order valence-electron chi connectivity index (χ4n) is 4.07. The van der Waals surface area contributed by atoms with Gasteiger partial charge in [-0.3, -0.25) is 14.6 Å². The van der Waals surface area contributed by atoms with Gasteiger partial charge in [0.2, 0.25) is 0 Å². The van der Waals surface area contributed by atoms with Crippen molar-refractivity contribution in [2.45, 2.75) is 39.5 Å². The second-order valence-corrected chi connectivity index (χ2v) is 8.52. The van der Waals surface area contributed by atoms with E-state index in [2.05, 4.69) is 4.98 Å². The Morgan fingerprint density at radius 3 is 2.35 bits per heavy atom. The van der Waals surface area contributed by atoms with Crippen LogP contribution in [-0.2, 0) is 16.1 Å². The number of pyridine rings is 1. The summed E-state index contributed by atoms with van der Waals surface area (Å²) in [4.78, 5) is 31.7. The first-order valence-electron chi connectivity index (χ1n) is 11.0. The van der Waals surface area contributed by atoms with Crippen molar-refractivity contribution in [1.82, 2.24) is 9.88 Å². The van der Waals surface area contributed by atoms with Crippen molar-refractivity contribution in [3.8, 4) is 11.5 Å². The number of hydrogen-bond donors (Lipinski definition) is 2. The zero-order chi connectivity index (χ0) is 24.4. The topological polar surface area (TPSA) is 100.0 Å². The molecule has 7 nitrogen and oxygen atoms in total. The van der Waals surface area contributed by atoms with Crippen LogP contribution >= 0.6 is 0 Å². The zero-order valence-corrected chi connectivity index (χ0v) is 19.2. The predicted octanol–water partition coefficient (Wildman–Crippen LogP) is 4.50. The molecule has 7 heteroatoms. The molecule has 1 unspecified atom stereocenters. The number of phenols is 1. The second-order valence-electron chi connectivity index (χ2n) is 8.52. The number of aliphatic hydroxyl groups excluding tert-OH is 1. The molecule has 174 valence electrons. The highest BCUT2D eigenvalue weighted by Gasteiger charge is 2.46. The third kappa shape index (κ3) is 4.50. The summed E-state index contributed by atoms with van der Waals surface area (Å²) in [6.45, 7) is 5.87. The molecule has 1 aliphatic heterocycles. The number of phenolic OH excluding ortho intramolecular Hbond substituents is 1. The van der Waals surface area contributed by atoms with Crippen molar-refractivity contribution in [1.29, 1.82) is 0 Å². The van der Waals surface area contributed by atoms with Gasteiger partial charge in [0.15, 0.2) is 0 Å². The van der Waals surface area contributed by atoms with Gasteiger partial charge in [-0.05, 0) is 79.9 Å². The quantitative estimate of drug-likeness (QED) is 0.320. The van der Waals surface area contributed by atoms with Crippen molar-refractivity contribution in [3.63, 3.8) is 0 Å². The molecule has 1 aromatic heterocycles. The number of aromatic hydroxyl groups is 1. The number of benzene rings is 2. The van der Waals surface area contributed by atoms with Gasteiger partial charge < -0.3 is 19.8 Å². The minimum absolute atomic E-state index is 0.00155. The highest BCUT2D eigenvalue weighted by atomic mass is 16.5. The molecule has 1 aliphatic rings. The number of rotatable bonds is 6. The summed E-state index contributed by atoms with van der Waals surface area (Å²) in [5.41, 5.74) is 2.61. The molecule has 0 radical (unpaired) electrons. The lowest BCUT2D eigenvalue weighted by Crippen LogP contribution is -2.29. The number of aryl methyl sites for hydroxylation is 1. The normalized spacial score (nSPS) is 17.4. The highest BCUT2D eigenvalue weighted by Crippen LogP contribution is 2.41. The fraction of sp³-hybridized carbons (Fsp3) is 0.222. The molecule has 34 heavy (non-hydrogen) atoms. The second kappa shape index (κ2) is 9.39. The number of nitrogens with zero attached hydrogens (tertiary/aromatic N) is 2. The SMILES string of the molecule is Cc1cc(/C(O)=C2/C(=O)C(=O)N(Cc3ccncc3)C2c2ccc(O)cc2)ccc1OC(C)C. The Hall–Kier alpha value is -4.13. The first-order chi connectivity index (χ1) is 16.3. The van der Waals surface area contributed by atoms with Crippen molar-refractivity contribution in [3.05, 3.63) is 94.8 Å². The molecule has 1 fully saturated rings. The van der Waals surface area contributed by atoms with E-state index in [1.165, 1.54) is 17.0 Å². The van der Waals surface area contributed by atoms with Gasteiger partial charge in [-0.1, -0.05) is 12.1 Å². The van der Waals surface area contributed by atoms with Crippen LogP contribution in [0.3, 0.4) is 0 Å². The van der Waals surface area contributed by atoms with E-state index in [9.17, 15) is 19.8 Å². The third-order valence-electron chi connectivity index (χ3n) is 5.66. The third-order valence-corrected chi connectivity index (χ3v) is 5.66. The molecule has 1 saturated heterocycles. The standard InChI is InChI=1S/C27H26N2O5/c1-16(2)34-22-9-6-20(14-17(22)3)25(31)23-24(19-4-7-21(30)8-5-19)29(27(33)26(23)32)15-18-10-12-28-13-11-18/h4-14,16,24,30-31H,15H2,1-3H3/b25-23-. The van der Waals surface area contributed by atoms with Crippen LogP contribution in [0.1, 0.15) is 42.1 Å². The first kappa shape index (κ1) is 23.0. The average Bonchev–Trinajstić information content (AvgIpc) is 3.06. The van der Waals surface area contributed by atoms with Crippen molar-refractivity contribution >= 4 is 17.4 Å². The van der Waals surface area contributed by atoms with Crippen LogP contribution in [0.4, 0.5) is 0 Å². The summed E-state index contributed by atoms with van der Waals surface area (Å²) in [5.74, 6) is -0.975. The van der Waals surface area contributed by atoms with E-state index in [4.69, 9.17) is 4.74 Å². The highest BCUT2D eigenvalue weighted by molar-refractivity contribution is 6.46. The Bertz CT molecular complexity index is 1250. The summed E-state index contributed by atoms with van der Waals surface area (Å²) >= 11 is 0. The Labute approximate surface area is 198 Å². The maximum Gasteiger partial charge on any atom is 0.295 e. The molecule has 0 saturated carbocycles. The van der Waals surface area contributed by atoms with Gasteiger partial charge in [-0.2, -0.15) is 0 Å². The number of aromatic nitrogens is 1. The Kier molecular flexibility index (Phi) is 6.36. The molecule has 2 heterocycles. The molecular weight excluding hydrogens is 432 g/mol. The summed E-state index contributed by atoms with van der Waals surface area (Å²) in [7, 11) is 0. The number of ketones is 1. The zero-order valence-electron chi connectivity index (χ0n) is 19.2. The van der Waals surface area contributed by atoms with Gasteiger partial charge in [0.25, 0.3) is 11.7 Å². The Morgan fingerprint density at radius 2 is 1.74 bits per heavy atom. The number of likely N-dealkylation sites (tertiary alicyclic amines) is 1. The molecule has 4 rings (SSSR count). The largest absolute Gasteiger partial charge is 0.508 e. The van der Waals surface area contributed by atoms with E-state index in [0.29, 0.717) is 16.9 Å². The van der Waals surface area contributed by atoms with Crippen LogP contribution in [0, 0.1) is 6.92 Å². The van der Waals surface area contributed by atoms with Gasteiger partial charge in [0.05, 0.1) is 17.7 Å². The minimum Gasteiger partial charge on any atom is -0.508 e. The van der Waals surface area contributed by atoms with E-state index >= 15 is 0 Å². The first-order valence-corrected chi connectivity index (χ1v) is 11.0. The molecule has 1 amide bonds. The molecule has 2 aromatic carbocycles. The predicted molar refractivity (Wildman–Crippen MR) is 127 cm³/mol. The van der Waals surface area contributed by atoms with Crippen molar-refractivity contribution < 1.29 is 24.5 Å². The van der Waals surface area contributed by atoms with Gasteiger partial charge >= 0.3 is 0 Å². The maximum atomic E-state index is 13.2. The van der Waals surface area contributed by atoms with Crippen molar-refractivity contribution in [2.75, 3.05) is 0 Å². The van der Waals surface area contributed by atoms with Crippen LogP contribution in [0.15, 0.2) is 72.6 Å². The lowest BCUT2D eigenvalue weighted by molar-refractivity contribution is -0.140. The van der Waals surface area contributed by atoms with Gasteiger partial charge in [0.1, 0.15) is 17.3 Å². The summed E-state index contributed by atoms with van der Waals surface area (Å²) in [6.07, 6.45) is 3.22.